The van der Waals surface area contributed by atoms with Crippen LogP contribution in [-0.2, 0) is 14.3 Å². The number of halogens is 3. The maximum Gasteiger partial charge on any atom is 0.422 e. The van der Waals surface area contributed by atoms with Gasteiger partial charge in [0.2, 0.25) is 0 Å². The van der Waals surface area contributed by atoms with Gasteiger partial charge in [-0.3, -0.25) is 0 Å². The molecule has 1 amide bonds. The Labute approximate surface area is 393 Å². The highest BCUT2D eigenvalue weighted by Crippen LogP contribution is 2.74. The first kappa shape index (κ1) is 24.9. The maximum atomic E-state index is 11.8. The summed E-state index contributed by atoms with van der Waals surface area (Å²) < 4.78 is 233. The van der Waals surface area contributed by atoms with Crippen LogP contribution in [0.4, 0.5) is 18.0 Å². The Morgan fingerprint density at radius 3 is 2.36 bits per heavy atom. The lowest BCUT2D eigenvalue weighted by molar-refractivity contribution is -0.227. The SMILES string of the molecule is C=CC(=O)OCC(F)(F)F.[2H]C([2H])([2H])[C@]1([2H])C([2H])([2H])C[C@@H](N)C([2H])([2H])[C@@]1([2H])O.[2H]C([2H])=C([2H])C(=C([2H])[2H])C([2H])([2H])[2H].[2H]C1=C(C([2H])([2H])[2H])C([2H])([2H])C[C@@H](NC(=O)OC(C)(C)C)C1([2H])[2H].[2H][B][C@H]1C[C@H]2C[C@@H]([C@@H]1C)C2(C)[C@H]1C[C@H]2C[C@@H]([C@@H]1C)C2(C)C. The zero-order valence-electron chi connectivity index (χ0n) is 61.4. The van der Waals surface area contributed by atoms with Crippen LogP contribution in [0.2, 0.25) is 5.82 Å². The standard InChI is InChI=1S/C19H32B.C12H21NO2.C7H15NO.C5H5F3O2.C5H8/c1-10-14-6-12(18(14,3)4)7-15(10)19(5)13-8-16(19)11(2)17(20)9-13;1-9-5-7-10(8-6-9)13-11(14)15-12(2,3)4;1-5-2-3-6(8)4-7(5)9;1-2-4(9)10-3-5(6,7)8;1-4-5(2)3/h10-17,20H,6-9H2,1-5H3;5,10H,6-8H2,1-4H3,(H,13,14);5-7,9H,2-4,8H2,1H3;2H,1,3H2;4H,1-2H2,3H3/t10-,11-,12+,13+,14-,15-,16-,17-,19?;10-;5-,6-,7-;;/m001../s1/i20D;1D3,5D,6D2,7D2;1D3,2D2,4D2,5D,7D;;1D2,2D2,3D3,4D. The second-order valence-electron chi connectivity index (χ2n) is 17.7. The molecule has 8 aliphatic rings. The number of carbonyl (C=O) groups is 2. The summed E-state index contributed by atoms with van der Waals surface area (Å²) in [6, 6.07) is -4.85. The molecule has 59 heavy (non-hydrogen) atoms. The molecule has 13 atom stereocenters. The van der Waals surface area contributed by atoms with Crippen LogP contribution in [0.5, 0.6) is 0 Å². The van der Waals surface area contributed by atoms with E-state index in [4.69, 9.17) is 46.1 Å². The Morgan fingerprint density at radius 2 is 1.85 bits per heavy atom. The van der Waals surface area contributed by atoms with E-state index in [-0.39, 0.29) is 0 Å². The van der Waals surface area contributed by atoms with Crippen LogP contribution in [0.1, 0.15) is 174 Å². The molecule has 337 valence electrons. The van der Waals surface area contributed by atoms with Gasteiger partial charge in [0.25, 0.3) is 0 Å². The van der Waals surface area contributed by atoms with Crippen LogP contribution in [0.25, 0.3) is 0 Å². The number of nitrogens with two attached hydrogens (primary N) is 1. The number of carbonyl (C=O) groups excluding carboxylic acids is 2. The molecule has 0 heterocycles. The molecule has 1 radical (unpaired) electrons. The van der Waals surface area contributed by atoms with Crippen LogP contribution in [0.15, 0.2) is 49.0 Å². The van der Waals surface area contributed by atoms with Crippen molar-refractivity contribution in [2.75, 3.05) is 6.61 Å². The minimum absolute atomic E-state index is 0.576. The van der Waals surface area contributed by atoms with E-state index in [2.05, 4.69) is 51.3 Å². The fraction of sp³-hybridized carbons (Fsp3) is 0.792. The fourth-order valence-corrected chi connectivity index (χ4v) is 9.28. The van der Waals surface area contributed by atoms with E-state index in [0.29, 0.717) is 22.7 Å². The van der Waals surface area contributed by atoms with E-state index in [1.54, 1.807) is 28.6 Å². The van der Waals surface area contributed by atoms with Gasteiger partial charge in [0.1, 0.15) is 5.60 Å². The molecule has 0 aromatic rings. The van der Waals surface area contributed by atoms with Gasteiger partial charge >= 0.3 is 18.2 Å². The number of hydrogen-bond acceptors (Lipinski definition) is 6. The van der Waals surface area contributed by atoms with Gasteiger partial charge < -0.3 is 25.6 Å². The van der Waals surface area contributed by atoms with E-state index in [9.17, 15) is 27.9 Å². The number of esters is 1. The first-order chi connectivity index (χ1) is 37.6. The number of fused-ring (bicyclic) bond motifs is 5. The number of allylic oxidation sites excluding steroid dienone is 3. The summed E-state index contributed by atoms with van der Waals surface area (Å²) in [5.41, 5.74) is 4.03. The summed E-state index contributed by atoms with van der Waals surface area (Å²) in [7, 11) is 1.76. The Kier molecular flexibility index (Phi) is 9.31. The predicted octanol–water partition coefficient (Wildman–Crippen LogP) is 11.2. The Morgan fingerprint density at radius 1 is 1.17 bits per heavy atom. The van der Waals surface area contributed by atoms with Crippen molar-refractivity contribution in [1.82, 2.24) is 5.32 Å². The molecule has 8 rings (SSSR count). The third-order valence-corrected chi connectivity index (χ3v) is 12.5. The normalized spacial score (nSPS) is 49.2. The van der Waals surface area contributed by atoms with E-state index >= 15 is 0 Å². The average molecular weight is 860 g/mol. The number of hydrogen-bond donors (Lipinski definition) is 3. The van der Waals surface area contributed by atoms with Gasteiger partial charge in [0, 0.05) is 42.8 Å². The first-order valence-electron chi connectivity index (χ1n) is 32.7. The molecule has 4 N–H and O–H groups in total. The largest absolute Gasteiger partial charge is 0.453 e. The third-order valence-electron chi connectivity index (χ3n) is 12.5. The number of nitrogens with one attached hydrogen (secondary N) is 1. The van der Waals surface area contributed by atoms with Crippen molar-refractivity contribution in [2.45, 2.75) is 176 Å². The zero-order chi connectivity index (χ0) is 67.4. The highest BCUT2D eigenvalue weighted by molar-refractivity contribution is 6.12. The highest BCUT2D eigenvalue weighted by Gasteiger charge is 2.66. The molecule has 7 nitrogen and oxygen atoms in total. The second-order valence-corrected chi connectivity index (χ2v) is 17.7. The Hall–Kier alpha value is -2.53. The summed E-state index contributed by atoms with van der Waals surface area (Å²) >= 11 is 0. The first-order valence-corrected chi connectivity index (χ1v) is 19.7. The Bertz CT molecular complexity index is 2490. The minimum atomic E-state index is -4.46. The maximum absolute atomic E-state index is 11.8. The van der Waals surface area contributed by atoms with Crippen molar-refractivity contribution in [2.24, 2.45) is 63.9 Å². The number of ether oxygens (including phenoxy) is 2. The van der Waals surface area contributed by atoms with Crippen LogP contribution in [0.3, 0.4) is 0 Å². The molecule has 4 bridgehead atoms. The molecule has 7 fully saturated rings. The van der Waals surface area contributed by atoms with Crippen LogP contribution in [0, 0.1) is 58.1 Å². The molecule has 0 aliphatic heterocycles. The predicted molar refractivity (Wildman–Crippen MR) is 237 cm³/mol. The molecule has 11 heteroatoms. The number of alkyl halides is 3. The van der Waals surface area contributed by atoms with E-state index in [1.165, 1.54) is 25.7 Å². The van der Waals surface area contributed by atoms with Gasteiger partial charge in [-0.1, -0.05) is 96.6 Å². The molecular weight excluding hydrogens is 752 g/mol. The number of alkyl carbamates (subject to hydrolysis) is 1. The summed E-state index contributed by atoms with van der Waals surface area (Å²) in [5.74, 6) is 2.60. The number of rotatable bonds is 6. The van der Waals surface area contributed by atoms with Crippen LogP contribution < -0.4 is 11.1 Å². The number of aliphatic hydroxyl groups is 1. The van der Waals surface area contributed by atoms with Gasteiger partial charge in [0.05, 0.1) is 23.5 Å². The lowest BCUT2D eigenvalue weighted by Crippen LogP contribution is -2.65. The van der Waals surface area contributed by atoms with Gasteiger partial charge in [-0.05, 0) is 152 Å². The van der Waals surface area contributed by atoms with Crippen molar-refractivity contribution in [3.05, 3.63) is 49.0 Å². The Balaban J connectivity index is 0.000000373. The van der Waals surface area contributed by atoms with Gasteiger partial charge in [-0.2, -0.15) is 13.2 Å². The molecule has 0 spiro atoms. The second kappa shape index (κ2) is 22.0. The smallest absolute Gasteiger partial charge is 0.422 e. The van der Waals surface area contributed by atoms with Gasteiger partial charge in [-0.25, -0.2) is 9.59 Å². The molecule has 0 saturated heterocycles. The van der Waals surface area contributed by atoms with E-state index < -0.39 is 150 Å². The van der Waals surface area contributed by atoms with E-state index in [1.807, 2.05) is 0 Å². The minimum Gasteiger partial charge on any atom is -0.453 e. The van der Waals surface area contributed by atoms with Crippen molar-refractivity contribution in [1.29, 1.82) is 1.34 Å². The molecule has 1 unspecified atom stereocenters. The van der Waals surface area contributed by atoms with Crippen LogP contribution in [-0.4, -0.2) is 62.9 Å². The summed E-state index contributed by atoms with van der Waals surface area (Å²) in [4.78, 5) is 21.8. The van der Waals surface area contributed by atoms with Gasteiger partial charge in [0.15, 0.2) is 6.61 Å². The summed E-state index contributed by atoms with van der Waals surface area (Å²) in [6.07, 6.45) is -14.5. The average Bonchev–Trinajstić information content (AvgIpc) is 0.760. The lowest BCUT2D eigenvalue weighted by Gasteiger charge is -2.72. The molecule has 0 aromatic carbocycles. The molecule has 8 aliphatic carbocycles. The highest BCUT2D eigenvalue weighted by atomic mass is 19.4. The lowest BCUT2D eigenvalue weighted by atomic mass is 9.32. The van der Waals surface area contributed by atoms with Gasteiger partial charge in [-0.15, -0.1) is 0 Å². The summed E-state index contributed by atoms with van der Waals surface area (Å²) in [5, 5.41) is 12.1. The molecular formula is C48H81BF3N2O5. The monoisotopic (exact) mass is 860 g/mol. The molecule has 7 saturated carbocycles. The third kappa shape index (κ3) is 15.4. The van der Waals surface area contributed by atoms with Crippen molar-refractivity contribution in [3.63, 3.8) is 0 Å². The quantitative estimate of drug-likeness (QED) is 0.0807. The zero-order valence-corrected chi connectivity index (χ0v) is 35.4. The van der Waals surface area contributed by atoms with Crippen molar-refractivity contribution >= 4 is 19.9 Å². The van der Waals surface area contributed by atoms with Crippen LogP contribution >= 0.6 is 0 Å². The van der Waals surface area contributed by atoms with Crippen molar-refractivity contribution < 1.29 is 71.6 Å². The number of amides is 1. The van der Waals surface area contributed by atoms with E-state index in [0.717, 1.165) is 41.4 Å². The fourth-order valence-electron chi connectivity index (χ4n) is 9.28. The van der Waals surface area contributed by atoms with Crippen molar-refractivity contribution in [3.8, 4) is 0 Å². The topological polar surface area (TPSA) is 111 Å². The summed E-state index contributed by atoms with van der Waals surface area (Å²) in [6.45, 7) is 7.75. The molecule has 0 aromatic heterocycles.